The molecule has 0 amide bonds. The summed E-state index contributed by atoms with van der Waals surface area (Å²) in [6.07, 6.45) is 0.534. The first-order valence-corrected chi connectivity index (χ1v) is 6.47. The van der Waals surface area contributed by atoms with Crippen molar-refractivity contribution in [3.8, 4) is 0 Å². The van der Waals surface area contributed by atoms with Crippen molar-refractivity contribution in [2.75, 3.05) is 6.61 Å². The summed E-state index contributed by atoms with van der Waals surface area (Å²) in [6, 6.07) is 0. The maximum Gasteiger partial charge on any atom is 0.374 e. The number of halogens is 2. The van der Waals surface area contributed by atoms with E-state index in [0.717, 1.165) is 6.42 Å². The molecule has 5 nitrogen and oxygen atoms in total. The van der Waals surface area contributed by atoms with Crippen LogP contribution in [0.15, 0.2) is 0 Å². The van der Waals surface area contributed by atoms with Crippen molar-refractivity contribution in [2.45, 2.75) is 40.0 Å². The van der Waals surface area contributed by atoms with Crippen molar-refractivity contribution in [3.63, 3.8) is 0 Å². The zero-order chi connectivity index (χ0) is 13.7. The van der Waals surface area contributed by atoms with Crippen LogP contribution in [0.2, 0.25) is 10.3 Å². The van der Waals surface area contributed by atoms with Gasteiger partial charge in [0.2, 0.25) is 5.82 Å². The lowest BCUT2D eigenvalue weighted by molar-refractivity contribution is 0.0286. The zero-order valence-electron chi connectivity index (χ0n) is 10.6. The fraction of sp³-hybridized carbons (Fsp3) is 0.636. The monoisotopic (exact) mass is 294 g/mol. The number of aromatic nitrogens is 2. The van der Waals surface area contributed by atoms with Gasteiger partial charge in [-0.3, -0.25) is 4.57 Å². The van der Waals surface area contributed by atoms with Gasteiger partial charge in [0.15, 0.2) is 5.15 Å². The van der Waals surface area contributed by atoms with Crippen molar-refractivity contribution in [1.29, 1.82) is 0 Å². The quantitative estimate of drug-likeness (QED) is 0.757. The summed E-state index contributed by atoms with van der Waals surface area (Å²) in [4.78, 5) is 15.8. The number of carbonyl (C=O) groups excluding carboxylic acids is 1. The molecule has 0 fully saturated rings. The van der Waals surface area contributed by atoms with Crippen molar-refractivity contribution >= 4 is 29.2 Å². The third-order valence-electron chi connectivity index (χ3n) is 2.36. The molecule has 1 aromatic rings. The van der Waals surface area contributed by atoms with Crippen molar-refractivity contribution < 1.29 is 14.3 Å². The summed E-state index contributed by atoms with van der Waals surface area (Å²) in [6.45, 7) is 6.16. The highest BCUT2D eigenvalue weighted by molar-refractivity contribution is 6.40. The van der Waals surface area contributed by atoms with Crippen molar-refractivity contribution in [3.05, 3.63) is 16.1 Å². The lowest BCUT2D eigenvalue weighted by Gasteiger charge is -2.12. The van der Waals surface area contributed by atoms with Crippen LogP contribution >= 0.6 is 23.2 Å². The van der Waals surface area contributed by atoms with E-state index in [0.29, 0.717) is 6.61 Å². The number of carbonyl (C=O) groups is 1. The van der Waals surface area contributed by atoms with Crippen LogP contribution < -0.4 is 0 Å². The van der Waals surface area contributed by atoms with Gasteiger partial charge < -0.3 is 9.47 Å². The van der Waals surface area contributed by atoms with E-state index in [1.807, 2.05) is 13.8 Å². The smallest absolute Gasteiger partial charge is 0.374 e. The van der Waals surface area contributed by atoms with Gasteiger partial charge >= 0.3 is 5.97 Å². The van der Waals surface area contributed by atoms with E-state index in [9.17, 15) is 4.79 Å². The summed E-state index contributed by atoms with van der Waals surface area (Å²) in [5.74, 6) is -0.503. The lowest BCUT2D eigenvalue weighted by atomic mass is 10.3. The average molecular weight is 295 g/mol. The minimum Gasteiger partial charge on any atom is -0.457 e. The Labute approximate surface area is 116 Å². The molecule has 1 rings (SSSR count). The van der Waals surface area contributed by atoms with Gasteiger partial charge in [-0.1, -0.05) is 30.1 Å². The Morgan fingerprint density at radius 2 is 2.11 bits per heavy atom. The standard InChI is InChI=1S/C11H16Cl2N2O3/c1-4-7(3)18-11(16)10-14-8(12)9(13)15(10)6-17-5-2/h7H,4-6H2,1-3H3. The molecule has 102 valence electrons. The van der Waals surface area contributed by atoms with E-state index in [1.54, 1.807) is 6.92 Å². The average Bonchev–Trinajstić information content (AvgIpc) is 2.63. The maximum atomic E-state index is 11.9. The van der Waals surface area contributed by atoms with Crippen LogP contribution in [0.25, 0.3) is 0 Å². The number of imidazole rings is 1. The van der Waals surface area contributed by atoms with E-state index in [4.69, 9.17) is 32.7 Å². The van der Waals surface area contributed by atoms with E-state index in [2.05, 4.69) is 4.98 Å². The number of hydrogen-bond acceptors (Lipinski definition) is 4. The third kappa shape index (κ3) is 3.60. The summed E-state index contributed by atoms with van der Waals surface area (Å²) in [7, 11) is 0. The second-order valence-corrected chi connectivity index (χ2v) is 4.41. The fourth-order valence-corrected chi connectivity index (χ4v) is 1.53. The molecule has 0 radical (unpaired) electrons. The van der Waals surface area contributed by atoms with Crippen LogP contribution in [0.4, 0.5) is 0 Å². The molecule has 18 heavy (non-hydrogen) atoms. The van der Waals surface area contributed by atoms with Gasteiger partial charge in [0.1, 0.15) is 11.9 Å². The first-order valence-electron chi connectivity index (χ1n) is 5.71. The minimum absolute atomic E-state index is 0.0544. The number of rotatable bonds is 6. The number of esters is 1. The molecule has 0 aliphatic heterocycles. The molecular weight excluding hydrogens is 279 g/mol. The first-order chi connectivity index (χ1) is 8.51. The van der Waals surface area contributed by atoms with Crippen molar-refractivity contribution in [2.24, 2.45) is 0 Å². The third-order valence-corrected chi connectivity index (χ3v) is 3.10. The molecule has 1 atom stereocenters. The topological polar surface area (TPSA) is 53.4 Å². The number of nitrogens with zero attached hydrogens (tertiary/aromatic N) is 2. The molecule has 0 aliphatic carbocycles. The van der Waals surface area contributed by atoms with Gasteiger partial charge in [0, 0.05) is 6.61 Å². The van der Waals surface area contributed by atoms with Crippen molar-refractivity contribution in [1.82, 2.24) is 9.55 Å². The highest BCUT2D eigenvalue weighted by atomic mass is 35.5. The summed E-state index contributed by atoms with van der Waals surface area (Å²) in [5.41, 5.74) is 0. The molecule has 0 bridgehead atoms. The summed E-state index contributed by atoms with van der Waals surface area (Å²) in [5, 5.41) is 0.230. The van der Waals surface area contributed by atoms with Crippen LogP contribution in [0, 0.1) is 0 Å². The molecular formula is C11H16Cl2N2O3. The largest absolute Gasteiger partial charge is 0.457 e. The SMILES string of the molecule is CCOCn1c(C(=O)OC(C)CC)nc(Cl)c1Cl. The van der Waals surface area contributed by atoms with E-state index >= 15 is 0 Å². The van der Waals surface area contributed by atoms with E-state index in [1.165, 1.54) is 4.57 Å². The Hall–Kier alpha value is -0.780. The minimum atomic E-state index is -0.558. The van der Waals surface area contributed by atoms with Gasteiger partial charge in [-0.05, 0) is 20.3 Å². The molecule has 7 heteroatoms. The van der Waals surface area contributed by atoms with E-state index in [-0.39, 0.29) is 29.0 Å². The van der Waals surface area contributed by atoms with Gasteiger partial charge in [-0.2, -0.15) is 0 Å². The molecule has 1 aromatic heterocycles. The molecule has 1 unspecified atom stereocenters. The first kappa shape index (κ1) is 15.3. The normalized spacial score (nSPS) is 12.5. The fourth-order valence-electron chi connectivity index (χ4n) is 1.18. The molecule has 0 N–H and O–H groups in total. The molecule has 0 spiro atoms. The second kappa shape index (κ2) is 6.97. The van der Waals surface area contributed by atoms with Gasteiger partial charge in [0.25, 0.3) is 0 Å². The van der Waals surface area contributed by atoms with Crippen LogP contribution in [0.1, 0.15) is 37.8 Å². The molecule has 0 saturated carbocycles. The Bertz CT molecular complexity index is 421. The molecule has 1 heterocycles. The zero-order valence-corrected chi connectivity index (χ0v) is 12.1. The van der Waals surface area contributed by atoms with E-state index < -0.39 is 5.97 Å². The van der Waals surface area contributed by atoms with Crippen LogP contribution in [-0.4, -0.2) is 28.2 Å². The summed E-state index contributed by atoms with van der Waals surface area (Å²) >= 11 is 11.7. The molecule has 0 saturated heterocycles. The lowest BCUT2D eigenvalue weighted by Crippen LogP contribution is -2.19. The molecule has 0 aliphatic rings. The predicted molar refractivity (Wildman–Crippen MR) is 69.0 cm³/mol. The highest BCUT2D eigenvalue weighted by Gasteiger charge is 2.22. The Morgan fingerprint density at radius 1 is 1.44 bits per heavy atom. The molecule has 0 aromatic carbocycles. The van der Waals surface area contributed by atoms with Crippen LogP contribution in [0.3, 0.4) is 0 Å². The second-order valence-electron chi connectivity index (χ2n) is 3.69. The predicted octanol–water partition coefficient (Wildman–Crippen LogP) is 3.14. The Balaban J connectivity index is 2.93. The van der Waals surface area contributed by atoms with Crippen LogP contribution in [-0.2, 0) is 16.2 Å². The Morgan fingerprint density at radius 3 is 2.67 bits per heavy atom. The van der Waals surface area contributed by atoms with Gasteiger partial charge in [-0.15, -0.1) is 0 Å². The number of hydrogen-bond donors (Lipinski definition) is 0. The van der Waals surface area contributed by atoms with Gasteiger partial charge in [0.05, 0.1) is 6.10 Å². The van der Waals surface area contributed by atoms with Gasteiger partial charge in [-0.25, -0.2) is 9.78 Å². The number of ether oxygens (including phenoxy) is 2. The highest BCUT2D eigenvalue weighted by Crippen LogP contribution is 2.23. The maximum absolute atomic E-state index is 11.9. The van der Waals surface area contributed by atoms with Crippen LogP contribution in [0.5, 0.6) is 0 Å². The summed E-state index contributed by atoms with van der Waals surface area (Å²) < 4.78 is 11.8. The Kier molecular flexibility index (Phi) is 5.91.